The summed E-state index contributed by atoms with van der Waals surface area (Å²) in [6, 6.07) is 18.4. The zero-order chi connectivity index (χ0) is 17.2. The highest BCUT2D eigenvalue weighted by atomic mass is 35.5. The Hall–Kier alpha value is -3.18. The van der Waals surface area contributed by atoms with Crippen LogP contribution < -0.4 is 11.0 Å². The zero-order valence-electron chi connectivity index (χ0n) is 13.1. The second-order valence-electron chi connectivity index (χ2n) is 5.44. The first-order valence-electron chi connectivity index (χ1n) is 7.67. The molecule has 4 rings (SSSR count). The monoisotopic (exact) mass is 348 g/mol. The minimum Gasteiger partial charge on any atom is -0.339 e. The summed E-state index contributed by atoms with van der Waals surface area (Å²) < 4.78 is 1.55. The normalized spacial score (nSPS) is 10.8. The Bertz CT molecular complexity index is 1090. The van der Waals surface area contributed by atoms with Gasteiger partial charge in [0.25, 0.3) is 0 Å². The van der Waals surface area contributed by atoms with E-state index in [4.69, 9.17) is 11.6 Å². The van der Waals surface area contributed by atoms with Crippen LogP contribution in [0.3, 0.4) is 0 Å². The fourth-order valence-electron chi connectivity index (χ4n) is 2.69. The summed E-state index contributed by atoms with van der Waals surface area (Å²) in [6.45, 7) is 0. The Kier molecular flexibility index (Phi) is 3.91. The summed E-state index contributed by atoms with van der Waals surface area (Å²) in [4.78, 5) is 20.9. The van der Waals surface area contributed by atoms with Gasteiger partial charge in [0, 0.05) is 28.5 Å². The van der Waals surface area contributed by atoms with E-state index in [9.17, 15) is 4.79 Å². The topological polar surface area (TPSA) is 59.8 Å². The Balaban J connectivity index is 1.97. The minimum atomic E-state index is -0.377. The van der Waals surface area contributed by atoms with Crippen molar-refractivity contribution in [1.29, 1.82) is 0 Å². The number of benzene rings is 2. The van der Waals surface area contributed by atoms with Crippen LogP contribution in [0.25, 0.3) is 16.6 Å². The van der Waals surface area contributed by atoms with Gasteiger partial charge >= 0.3 is 5.69 Å². The first-order valence-corrected chi connectivity index (χ1v) is 8.05. The molecule has 0 saturated heterocycles. The van der Waals surface area contributed by atoms with E-state index in [1.165, 1.54) is 0 Å². The van der Waals surface area contributed by atoms with Gasteiger partial charge in [0.15, 0.2) is 0 Å². The van der Waals surface area contributed by atoms with Crippen LogP contribution in [0.15, 0.2) is 77.9 Å². The van der Waals surface area contributed by atoms with E-state index in [-0.39, 0.29) is 5.69 Å². The second kappa shape index (κ2) is 6.37. The molecule has 2 heterocycles. The number of hydrogen-bond acceptors (Lipinski definition) is 4. The molecule has 0 amide bonds. The van der Waals surface area contributed by atoms with E-state index in [2.05, 4.69) is 15.3 Å². The average Bonchev–Trinajstić information content (AvgIpc) is 2.63. The smallest absolute Gasteiger partial charge is 0.339 e. The number of anilines is 2. The third-order valence-electron chi connectivity index (χ3n) is 3.81. The molecule has 4 aromatic rings. The number of nitrogens with zero attached hydrogens (tertiary/aromatic N) is 3. The van der Waals surface area contributed by atoms with Crippen LogP contribution in [-0.2, 0) is 0 Å². The predicted molar refractivity (Wildman–Crippen MR) is 99.9 cm³/mol. The highest BCUT2D eigenvalue weighted by molar-refractivity contribution is 6.31. The molecule has 0 fully saturated rings. The maximum atomic E-state index is 12.7. The number of aromatic nitrogens is 3. The summed E-state index contributed by atoms with van der Waals surface area (Å²) in [5.74, 6) is 0.482. The van der Waals surface area contributed by atoms with Crippen molar-refractivity contribution in [2.24, 2.45) is 0 Å². The first kappa shape index (κ1) is 15.4. The molecule has 0 spiro atoms. The number of nitrogens with one attached hydrogen (secondary N) is 1. The average molecular weight is 349 g/mol. The summed E-state index contributed by atoms with van der Waals surface area (Å²) in [6.07, 6.45) is 3.35. The van der Waals surface area contributed by atoms with Crippen molar-refractivity contribution in [3.63, 3.8) is 0 Å². The SMILES string of the molecule is O=c1nc(Nc2ccncc2)c2ccc(Cl)cc2n1-c1ccccc1. The zero-order valence-corrected chi connectivity index (χ0v) is 13.8. The molecule has 0 bridgehead atoms. The molecule has 1 N–H and O–H groups in total. The predicted octanol–water partition coefficient (Wildman–Crippen LogP) is 4.18. The molecule has 0 aliphatic rings. The highest BCUT2D eigenvalue weighted by Crippen LogP contribution is 2.27. The quantitative estimate of drug-likeness (QED) is 0.603. The molecule has 0 saturated carbocycles. The van der Waals surface area contributed by atoms with E-state index in [0.29, 0.717) is 16.4 Å². The van der Waals surface area contributed by atoms with Gasteiger partial charge in [0.1, 0.15) is 5.82 Å². The van der Waals surface area contributed by atoms with Crippen molar-refractivity contribution in [2.45, 2.75) is 0 Å². The largest absolute Gasteiger partial charge is 0.354 e. The molecular weight excluding hydrogens is 336 g/mol. The van der Waals surface area contributed by atoms with E-state index < -0.39 is 0 Å². The van der Waals surface area contributed by atoms with Gasteiger partial charge in [-0.25, -0.2) is 4.79 Å². The standard InChI is InChI=1S/C19H13ClN4O/c20-13-6-7-16-17(12-13)24(15-4-2-1-3-5-15)19(25)23-18(16)22-14-8-10-21-11-9-14/h1-12H,(H,21,22,23,25). The van der Waals surface area contributed by atoms with Crippen LogP contribution in [0, 0.1) is 0 Å². The number of pyridine rings is 1. The van der Waals surface area contributed by atoms with Crippen molar-refractivity contribution in [3.05, 3.63) is 88.6 Å². The molecule has 122 valence electrons. The maximum Gasteiger partial charge on any atom is 0.354 e. The molecule has 25 heavy (non-hydrogen) atoms. The minimum absolute atomic E-state index is 0.377. The van der Waals surface area contributed by atoms with Gasteiger partial charge in [0.05, 0.1) is 11.2 Å². The summed E-state index contributed by atoms with van der Waals surface area (Å²) in [5.41, 5.74) is 1.85. The van der Waals surface area contributed by atoms with Gasteiger partial charge in [-0.15, -0.1) is 0 Å². The lowest BCUT2D eigenvalue weighted by molar-refractivity contribution is 0.963. The number of rotatable bonds is 3. The Morgan fingerprint density at radius 3 is 2.48 bits per heavy atom. The van der Waals surface area contributed by atoms with Gasteiger partial charge in [-0.2, -0.15) is 4.98 Å². The van der Waals surface area contributed by atoms with Crippen LogP contribution >= 0.6 is 11.6 Å². The van der Waals surface area contributed by atoms with Crippen molar-refractivity contribution in [2.75, 3.05) is 5.32 Å². The Morgan fingerprint density at radius 1 is 0.960 bits per heavy atom. The Labute approximate surface area is 148 Å². The van der Waals surface area contributed by atoms with Gasteiger partial charge in [-0.3, -0.25) is 9.55 Å². The summed E-state index contributed by atoms with van der Waals surface area (Å²) in [7, 11) is 0. The molecule has 0 aliphatic carbocycles. The molecule has 2 aromatic heterocycles. The second-order valence-corrected chi connectivity index (χ2v) is 5.87. The van der Waals surface area contributed by atoms with E-state index in [1.807, 2.05) is 48.5 Å². The number of halogens is 1. The lowest BCUT2D eigenvalue weighted by Crippen LogP contribution is -2.23. The van der Waals surface area contributed by atoms with E-state index in [1.54, 1.807) is 29.1 Å². The van der Waals surface area contributed by atoms with Gasteiger partial charge < -0.3 is 5.32 Å². The third-order valence-corrected chi connectivity index (χ3v) is 4.05. The molecular formula is C19H13ClN4O. The van der Waals surface area contributed by atoms with Crippen LogP contribution in [0.4, 0.5) is 11.5 Å². The van der Waals surface area contributed by atoms with E-state index in [0.717, 1.165) is 16.8 Å². The third kappa shape index (κ3) is 2.97. The van der Waals surface area contributed by atoms with Crippen molar-refractivity contribution >= 4 is 34.0 Å². The van der Waals surface area contributed by atoms with Crippen LogP contribution in [-0.4, -0.2) is 14.5 Å². The highest BCUT2D eigenvalue weighted by Gasteiger charge is 2.12. The Morgan fingerprint density at radius 2 is 1.72 bits per heavy atom. The molecule has 2 aromatic carbocycles. The molecule has 0 unspecified atom stereocenters. The number of hydrogen-bond donors (Lipinski definition) is 1. The molecule has 0 atom stereocenters. The lowest BCUT2D eigenvalue weighted by Gasteiger charge is -2.14. The summed E-state index contributed by atoms with van der Waals surface area (Å²) >= 11 is 6.18. The van der Waals surface area contributed by atoms with Crippen molar-refractivity contribution < 1.29 is 0 Å². The molecule has 0 aliphatic heterocycles. The lowest BCUT2D eigenvalue weighted by atomic mass is 10.2. The first-order chi connectivity index (χ1) is 12.2. The molecule has 0 radical (unpaired) electrons. The van der Waals surface area contributed by atoms with Gasteiger partial charge in [-0.1, -0.05) is 29.8 Å². The van der Waals surface area contributed by atoms with E-state index >= 15 is 0 Å². The molecule has 6 heteroatoms. The van der Waals surface area contributed by atoms with Gasteiger partial charge in [-0.05, 0) is 42.5 Å². The number of para-hydroxylation sites is 1. The van der Waals surface area contributed by atoms with Crippen LogP contribution in [0.2, 0.25) is 5.02 Å². The van der Waals surface area contributed by atoms with Crippen molar-refractivity contribution in [1.82, 2.24) is 14.5 Å². The fourth-order valence-corrected chi connectivity index (χ4v) is 2.86. The van der Waals surface area contributed by atoms with Gasteiger partial charge in [0.2, 0.25) is 0 Å². The number of fused-ring (bicyclic) bond motifs is 1. The fraction of sp³-hybridized carbons (Fsp3) is 0. The summed E-state index contributed by atoms with van der Waals surface area (Å²) in [5, 5.41) is 4.53. The molecule has 5 nitrogen and oxygen atoms in total. The van der Waals surface area contributed by atoms with Crippen LogP contribution in [0.1, 0.15) is 0 Å². The van der Waals surface area contributed by atoms with Crippen molar-refractivity contribution in [3.8, 4) is 5.69 Å². The van der Waals surface area contributed by atoms with Crippen LogP contribution in [0.5, 0.6) is 0 Å². The maximum absolute atomic E-state index is 12.7.